The monoisotopic (exact) mass is 396 g/mol. The summed E-state index contributed by atoms with van der Waals surface area (Å²) in [5, 5.41) is 6.48. The van der Waals surface area contributed by atoms with Crippen LogP contribution in [0.4, 0.5) is 0 Å². The van der Waals surface area contributed by atoms with Gasteiger partial charge < -0.3 is 10.6 Å². The molecule has 4 nitrogen and oxygen atoms in total. The fourth-order valence-corrected chi connectivity index (χ4v) is 3.38. The molecule has 0 saturated heterocycles. The first-order valence-corrected chi connectivity index (χ1v) is 10.1. The zero-order valence-electron chi connectivity index (χ0n) is 15.8. The van der Waals surface area contributed by atoms with E-state index in [0.717, 1.165) is 24.8 Å². The molecule has 0 aromatic heterocycles. The third-order valence-electron chi connectivity index (χ3n) is 4.87. The first kappa shape index (κ1) is 20.2. The molecule has 2 N–H and O–H groups in total. The second kappa shape index (κ2) is 10.1. The molecule has 0 atom stereocenters. The topological polar surface area (TPSA) is 58.2 Å². The number of carbonyl (C=O) groups excluding carboxylic acids is 2. The quantitative estimate of drug-likeness (QED) is 0.654. The standard InChI is InChI=1S/C23H25ClN2O2/c24-21-11-9-18(10-12-21)16-26-23(28)20-8-4-7-19(15-20)22(27)25-14-13-17-5-2-1-3-6-17/h4-5,7-12,15H,1-3,6,13-14,16H2,(H,25,27)(H,26,28). The lowest BCUT2D eigenvalue weighted by Crippen LogP contribution is -2.26. The summed E-state index contributed by atoms with van der Waals surface area (Å²) in [6.07, 6.45) is 7.99. The van der Waals surface area contributed by atoms with E-state index in [4.69, 9.17) is 11.6 Å². The predicted octanol–water partition coefficient (Wildman–Crippen LogP) is 4.89. The molecule has 1 aliphatic rings. The number of halogens is 1. The van der Waals surface area contributed by atoms with Gasteiger partial charge in [-0.2, -0.15) is 0 Å². The molecule has 0 heterocycles. The molecule has 5 heteroatoms. The highest BCUT2D eigenvalue weighted by Crippen LogP contribution is 2.19. The van der Waals surface area contributed by atoms with Gasteiger partial charge in [0.2, 0.25) is 0 Å². The van der Waals surface area contributed by atoms with E-state index in [9.17, 15) is 9.59 Å². The lowest BCUT2D eigenvalue weighted by molar-refractivity contribution is 0.0950. The van der Waals surface area contributed by atoms with Crippen LogP contribution in [0.1, 0.15) is 58.4 Å². The summed E-state index contributed by atoms with van der Waals surface area (Å²) < 4.78 is 0. The molecule has 0 radical (unpaired) electrons. The molecular formula is C23H25ClN2O2. The van der Waals surface area contributed by atoms with Crippen molar-refractivity contribution in [1.82, 2.24) is 10.6 Å². The van der Waals surface area contributed by atoms with E-state index in [1.807, 2.05) is 12.1 Å². The molecule has 3 rings (SSSR count). The van der Waals surface area contributed by atoms with Crippen molar-refractivity contribution < 1.29 is 9.59 Å². The van der Waals surface area contributed by atoms with E-state index in [0.29, 0.717) is 29.2 Å². The van der Waals surface area contributed by atoms with Crippen molar-refractivity contribution >= 4 is 23.4 Å². The number of allylic oxidation sites excluding steroid dienone is 1. The maximum absolute atomic E-state index is 12.4. The van der Waals surface area contributed by atoms with Crippen LogP contribution in [0.15, 0.2) is 60.2 Å². The van der Waals surface area contributed by atoms with E-state index < -0.39 is 0 Å². The summed E-state index contributed by atoms with van der Waals surface area (Å²) >= 11 is 5.87. The summed E-state index contributed by atoms with van der Waals surface area (Å²) in [5.41, 5.74) is 3.36. The minimum Gasteiger partial charge on any atom is -0.352 e. The highest BCUT2D eigenvalue weighted by atomic mass is 35.5. The fourth-order valence-electron chi connectivity index (χ4n) is 3.26. The van der Waals surface area contributed by atoms with Gasteiger partial charge in [-0.25, -0.2) is 0 Å². The average molecular weight is 397 g/mol. The molecule has 0 aliphatic heterocycles. The van der Waals surface area contributed by atoms with Crippen LogP contribution in [0.25, 0.3) is 0 Å². The van der Waals surface area contributed by atoms with Crippen LogP contribution in [0.2, 0.25) is 5.02 Å². The Bertz CT molecular complexity index is 859. The van der Waals surface area contributed by atoms with Crippen LogP contribution in [0.5, 0.6) is 0 Å². The summed E-state index contributed by atoms with van der Waals surface area (Å²) in [6.45, 7) is 1.03. The Kier molecular flexibility index (Phi) is 7.26. The maximum atomic E-state index is 12.4. The Balaban J connectivity index is 1.51. The van der Waals surface area contributed by atoms with Gasteiger partial charge in [0, 0.05) is 29.2 Å². The second-order valence-corrected chi connectivity index (χ2v) is 7.44. The third-order valence-corrected chi connectivity index (χ3v) is 5.12. The Morgan fingerprint density at radius 2 is 1.64 bits per heavy atom. The molecule has 0 unspecified atom stereocenters. The Morgan fingerprint density at radius 3 is 2.32 bits per heavy atom. The Morgan fingerprint density at radius 1 is 0.929 bits per heavy atom. The molecule has 2 amide bonds. The molecule has 1 aliphatic carbocycles. The van der Waals surface area contributed by atoms with Crippen LogP contribution < -0.4 is 10.6 Å². The SMILES string of the molecule is O=C(NCCC1=CCCCC1)c1cccc(C(=O)NCc2ccc(Cl)cc2)c1. The van der Waals surface area contributed by atoms with Crippen LogP contribution in [-0.2, 0) is 6.54 Å². The van der Waals surface area contributed by atoms with Crippen LogP contribution in [0, 0.1) is 0 Å². The van der Waals surface area contributed by atoms with Gasteiger partial charge in [0.1, 0.15) is 0 Å². The van der Waals surface area contributed by atoms with Crippen molar-refractivity contribution in [3.63, 3.8) is 0 Å². The highest BCUT2D eigenvalue weighted by Gasteiger charge is 2.11. The maximum Gasteiger partial charge on any atom is 0.251 e. The zero-order chi connectivity index (χ0) is 19.8. The molecule has 0 fully saturated rings. The number of amides is 2. The van der Waals surface area contributed by atoms with Crippen molar-refractivity contribution in [2.24, 2.45) is 0 Å². The second-order valence-electron chi connectivity index (χ2n) is 7.00. The van der Waals surface area contributed by atoms with Gasteiger partial charge in [-0.3, -0.25) is 9.59 Å². The van der Waals surface area contributed by atoms with E-state index in [2.05, 4.69) is 16.7 Å². The minimum atomic E-state index is -0.211. The molecule has 28 heavy (non-hydrogen) atoms. The number of nitrogens with one attached hydrogen (secondary N) is 2. The molecule has 146 valence electrons. The molecule has 0 bridgehead atoms. The Hall–Kier alpha value is -2.59. The van der Waals surface area contributed by atoms with Crippen molar-refractivity contribution in [1.29, 1.82) is 0 Å². The van der Waals surface area contributed by atoms with Gasteiger partial charge in [-0.15, -0.1) is 0 Å². The van der Waals surface area contributed by atoms with Gasteiger partial charge in [-0.05, 0) is 68.0 Å². The minimum absolute atomic E-state index is 0.149. The third kappa shape index (κ3) is 5.96. The fraction of sp³-hybridized carbons (Fsp3) is 0.304. The molecule has 2 aromatic rings. The van der Waals surface area contributed by atoms with Crippen molar-refractivity contribution in [3.05, 3.63) is 81.9 Å². The van der Waals surface area contributed by atoms with Gasteiger partial charge in [0.15, 0.2) is 0 Å². The van der Waals surface area contributed by atoms with Gasteiger partial charge >= 0.3 is 0 Å². The highest BCUT2D eigenvalue weighted by molar-refractivity contribution is 6.30. The predicted molar refractivity (Wildman–Crippen MR) is 113 cm³/mol. The van der Waals surface area contributed by atoms with Crippen LogP contribution >= 0.6 is 11.6 Å². The largest absolute Gasteiger partial charge is 0.352 e. The Labute approximate surface area is 171 Å². The molecule has 2 aromatic carbocycles. The summed E-state index contributed by atoms with van der Waals surface area (Å²) in [7, 11) is 0. The first-order valence-electron chi connectivity index (χ1n) is 9.70. The summed E-state index contributed by atoms with van der Waals surface area (Å²) in [5.74, 6) is -0.360. The lowest BCUT2D eigenvalue weighted by atomic mass is 9.97. The number of hydrogen-bond donors (Lipinski definition) is 2. The number of carbonyl (C=O) groups is 2. The van der Waals surface area contributed by atoms with E-state index in [-0.39, 0.29) is 11.8 Å². The van der Waals surface area contributed by atoms with Gasteiger partial charge in [-0.1, -0.05) is 41.4 Å². The smallest absolute Gasteiger partial charge is 0.251 e. The van der Waals surface area contributed by atoms with Gasteiger partial charge in [0.05, 0.1) is 0 Å². The lowest BCUT2D eigenvalue weighted by Gasteiger charge is -2.13. The first-order chi connectivity index (χ1) is 13.6. The molecule has 0 spiro atoms. The number of rotatable bonds is 7. The molecular weight excluding hydrogens is 372 g/mol. The van der Waals surface area contributed by atoms with E-state index in [1.54, 1.807) is 36.4 Å². The average Bonchev–Trinajstić information content (AvgIpc) is 2.74. The summed E-state index contributed by atoms with van der Waals surface area (Å²) in [4.78, 5) is 24.8. The van der Waals surface area contributed by atoms with Crippen LogP contribution in [0.3, 0.4) is 0 Å². The number of hydrogen-bond acceptors (Lipinski definition) is 2. The van der Waals surface area contributed by atoms with Crippen molar-refractivity contribution in [3.8, 4) is 0 Å². The van der Waals surface area contributed by atoms with Crippen LogP contribution in [-0.4, -0.2) is 18.4 Å². The van der Waals surface area contributed by atoms with Crippen molar-refractivity contribution in [2.75, 3.05) is 6.54 Å². The van der Waals surface area contributed by atoms with Gasteiger partial charge in [0.25, 0.3) is 11.8 Å². The zero-order valence-corrected chi connectivity index (χ0v) is 16.6. The number of benzene rings is 2. The normalized spacial score (nSPS) is 13.5. The van der Waals surface area contributed by atoms with E-state index >= 15 is 0 Å². The van der Waals surface area contributed by atoms with Crippen molar-refractivity contribution in [2.45, 2.75) is 38.6 Å². The molecule has 0 saturated carbocycles. The summed E-state index contributed by atoms with van der Waals surface area (Å²) in [6, 6.07) is 14.1. The van der Waals surface area contributed by atoms with E-state index in [1.165, 1.54) is 18.4 Å².